The Morgan fingerprint density at radius 2 is 2.44 bits per heavy atom. The lowest BCUT2D eigenvalue weighted by Gasteiger charge is -2.22. The van der Waals surface area contributed by atoms with Crippen LogP contribution in [0.3, 0.4) is 0 Å². The molecule has 1 unspecified atom stereocenters. The number of likely N-dealkylation sites (N-methyl/N-ethyl adjacent to an activating group) is 1. The van der Waals surface area contributed by atoms with E-state index in [1.54, 1.807) is 0 Å². The van der Waals surface area contributed by atoms with Gasteiger partial charge in [0.2, 0.25) is 0 Å². The van der Waals surface area contributed by atoms with Crippen LogP contribution in [0.1, 0.15) is 23.2 Å². The molecule has 0 saturated carbocycles. The van der Waals surface area contributed by atoms with Crippen LogP contribution in [0, 0.1) is 0 Å². The molecule has 98 valence electrons. The van der Waals surface area contributed by atoms with Gasteiger partial charge in [0.15, 0.2) is 0 Å². The van der Waals surface area contributed by atoms with Crippen LogP contribution in [0.2, 0.25) is 5.15 Å². The van der Waals surface area contributed by atoms with E-state index in [2.05, 4.69) is 4.98 Å². The molecule has 1 aliphatic heterocycles. The molecule has 18 heavy (non-hydrogen) atoms. The lowest BCUT2D eigenvalue weighted by Crippen LogP contribution is -2.29. The van der Waals surface area contributed by atoms with Crippen molar-refractivity contribution < 1.29 is 14.6 Å². The molecular weight excluding hydrogens is 256 g/mol. The first-order valence-corrected chi connectivity index (χ1v) is 6.17. The molecule has 1 fully saturated rings. The van der Waals surface area contributed by atoms with Gasteiger partial charge in [0, 0.05) is 20.2 Å². The lowest BCUT2D eigenvalue weighted by molar-refractivity contribution is 0.0697. The second-order valence-electron chi connectivity index (χ2n) is 4.36. The highest BCUT2D eigenvalue weighted by molar-refractivity contribution is 6.29. The van der Waals surface area contributed by atoms with Crippen molar-refractivity contribution in [2.24, 2.45) is 0 Å². The first-order valence-electron chi connectivity index (χ1n) is 5.80. The number of rotatable bonds is 4. The van der Waals surface area contributed by atoms with E-state index in [-0.39, 0.29) is 16.8 Å². The van der Waals surface area contributed by atoms with Crippen LogP contribution in [0.25, 0.3) is 0 Å². The molecule has 1 N–H and O–H groups in total. The molecule has 0 bridgehead atoms. The Kier molecular flexibility index (Phi) is 4.04. The van der Waals surface area contributed by atoms with Gasteiger partial charge in [-0.2, -0.15) is 0 Å². The minimum Gasteiger partial charge on any atom is -0.478 e. The molecule has 6 heteroatoms. The minimum absolute atomic E-state index is 0.143. The van der Waals surface area contributed by atoms with Gasteiger partial charge in [0.05, 0.1) is 11.7 Å². The number of carboxylic acid groups (broad SMARTS) is 1. The molecule has 0 amide bonds. The van der Waals surface area contributed by atoms with Crippen molar-refractivity contribution in [2.75, 3.05) is 25.1 Å². The van der Waals surface area contributed by atoms with Crippen molar-refractivity contribution in [2.45, 2.75) is 18.9 Å². The third-order valence-electron chi connectivity index (χ3n) is 2.92. The fourth-order valence-corrected chi connectivity index (χ4v) is 2.19. The van der Waals surface area contributed by atoms with E-state index in [0.717, 1.165) is 19.4 Å². The van der Waals surface area contributed by atoms with Crippen LogP contribution >= 0.6 is 11.6 Å². The van der Waals surface area contributed by atoms with Crippen molar-refractivity contribution in [3.05, 3.63) is 22.8 Å². The van der Waals surface area contributed by atoms with Crippen LogP contribution in [-0.2, 0) is 4.74 Å². The average Bonchev–Trinajstić information content (AvgIpc) is 2.80. The largest absolute Gasteiger partial charge is 0.478 e. The summed E-state index contributed by atoms with van der Waals surface area (Å²) in [5.41, 5.74) is 0.143. The summed E-state index contributed by atoms with van der Waals surface area (Å²) in [5.74, 6) is -0.457. The molecule has 2 rings (SSSR count). The predicted octanol–water partition coefficient (Wildman–Crippen LogP) is 2.05. The molecule has 0 aromatic carbocycles. The third-order valence-corrected chi connectivity index (χ3v) is 3.11. The smallest absolute Gasteiger partial charge is 0.335 e. The molecule has 1 saturated heterocycles. The van der Waals surface area contributed by atoms with Gasteiger partial charge in [-0.1, -0.05) is 11.6 Å². The number of carbonyl (C=O) groups is 1. The van der Waals surface area contributed by atoms with E-state index in [4.69, 9.17) is 21.4 Å². The van der Waals surface area contributed by atoms with Crippen molar-refractivity contribution in [3.63, 3.8) is 0 Å². The Hall–Kier alpha value is -1.33. The van der Waals surface area contributed by atoms with Gasteiger partial charge in [-0.05, 0) is 25.0 Å². The van der Waals surface area contributed by atoms with E-state index >= 15 is 0 Å². The van der Waals surface area contributed by atoms with Gasteiger partial charge in [0.1, 0.15) is 11.0 Å². The monoisotopic (exact) mass is 270 g/mol. The molecule has 2 heterocycles. The van der Waals surface area contributed by atoms with Crippen molar-refractivity contribution >= 4 is 23.4 Å². The molecule has 0 radical (unpaired) electrons. The van der Waals surface area contributed by atoms with Gasteiger partial charge in [-0.15, -0.1) is 0 Å². The fraction of sp³-hybridized carbons (Fsp3) is 0.500. The quantitative estimate of drug-likeness (QED) is 0.849. The highest BCUT2D eigenvalue weighted by Gasteiger charge is 2.19. The summed E-state index contributed by atoms with van der Waals surface area (Å²) in [7, 11) is 1.85. The van der Waals surface area contributed by atoms with Gasteiger partial charge >= 0.3 is 5.97 Å². The number of aromatic carboxylic acids is 1. The number of pyridine rings is 1. The maximum Gasteiger partial charge on any atom is 0.335 e. The topological polar surface area (TPSA) is 62.7 Å². The summed E-state index contributed by atoms with van der Waals surface area (Å²) in [6, 6.07) is 2.86. The van der Waals surface area contributed by atoms with Crippen LogP contribution in [-0.4, -0.2) is 42.4 Å². The minimum atomic E-state index is -1.01. The summed E-state index contributed by atoms with van der Waals surface area (Å²) in [5, 5.41) is 9.15. The standard InChI is InChI=1S/C12H15ClN2O3/c1-15(7-9-3-2-4-18-9)11-6-8(12(16)17)5-10(13)14-11/h5-6,9H,2-4,7H2,1H3,(H,16,17). The van der Waals surface area contributed by atoms with Crippen LogP contribution in [0.15, 0.2) is 12.1 Å². The molecule has 5 nitrogen and oxygen atoms in total. The average molecular weight is 271 g/mol. The van der Waals surface area contributed by atoms with Crippen LogP contribution < -0.4 is 4.90 Å². The SMILES string of the molecule is CN(CC1CCCO1)c1cc(C(=O)O)cc(Cl)n1. The highest BCUT2D eigenvalue weighted by Crippen LogP contribution is 2.20. The first kappa shape index (κ1) is 13.1. The molecule has 0 spiro atoms. The Bertz CT molecular complexity index is 447. The number of carboxylic acids is 1. The summed E-state index contributed by atoms with van der Waals surface area (Å²) < 4.78 is 5.53. The third kappa shape index (κ3) is 3.11. The number of aromatic nitrogens is 1. The Morgan fingerprint density at radius 3 is 3.06 bits per heavy atom. The normalized spacial score (nSPS) is 18.9. The second-order valence-corrected chi connectivity index (χ2v) is 4.74. The molecule has 0 aliphatic carbocycles. The predicted molar refractivity (Wildman–Crippen MR) is 68.5 cm³/mol. The summed E-state index contributed by atoms with van der Waals surface area (Å²) in [6.07, 6.45) is 2.28. The number of anilines is 1. The Morgan fingerprint density at radius 1 is 1.67 bits per heavy atom. The Balaban J connectivity index is 2.13. The van der Waals surface area contributed by atoms with Crippen molar-refractivity contribution in [1.29, 1.82) is 0 Å². The van der Waals surface area contributed by atoms with Crippen LogP contribution in [0.5, 0.6) is 0 Å². The molecular formula is C12H15ClN2O3. The van der Waals surface area contributed by atoms with E-state index in [9.17, 15) is 4.79 Å². The van der Waals surface area contributed by atoms with Crippen molar-refractivity contribution in [3.8, 4) is 0 Å². The zero-order chi connectivity index (χ0) is 13.1. The van der Waals surface area contributed by atoms with Gasteiger partial charge < -0.3 is 14.7 Å². The fourth-order valence-electron chi connectivity index (χ4n) is 1.99. The second kappa shape index (κ2) is 5.54. The maximum atomic E-state index is 10.9. The number of hydrogen-bond acceptors (Lipinski definition) is 4. The number of hydrogen-bond donors (Lipinski definition) is 1. The number of ether oxygens (including phenoxy) is 1. The summed E-state index contributed by atoms with van der Waals surface area (Å²) >= 11 is 5.82. The van der Waals surface area contributed by atoms with E-state index in [0.29, 0.717) is 12.4 Å². The van der Waals surface area contributed by atoms with Gasteiger partial charge in [0.25, 0.3) is 0 Å². The molecule has 1 aromatic rings. The van der Waals surface area contributed by atoms with Crippen LogP contribution in [0.4, 0.5) is 5.82 Å². The molecule has 1 atom stereocenters. The van der Waals surface area contributed by atoms with E-state index < -0.39 is 5.97 Å². The first-order chi connectivity index (χ1) is 8.56. The van der Waals surface area contributed by atoms with E-state index in [1.807, 2.05) is 11.9 Å². The van der Waals surface area contributed by atoms with Gasteiger partial charge in [-0.3, -0.25) is 0 Å². The van der Waals surface area contributed by atoms with Gasteiger partial charge in [-0.25, -0.2) is 9.78 Å². The van der Waals surface area contributed by atoms with E-state index in [1.165, 1.54) is 12.1 Å². The summed E-state index contributed by atoms with van der Waals surface area (Å²) in [6.45, 7) is 1.48. The number of halogens is 1. The lowest BCUT2D eigenvalue weighted by atomic mass is 10.2. The summed E-state index contributed by atoms with van der Waals surface area (Å²) in [4.78, 5) is 16.9. The molecule has 1 aromatic heterocycles. The zero-order valence-electron chi connectivity index (χ0n) is 10.1. The number of nitrogens with zero attached hydrogens (tertiary/aromatic N) is 2. The Labute approximate surface area is 110 Å². The highest BCUT2D eigenvalue weighted by atomic mass is 35.5. The maximum absolute atomic E-state index is 10.9. The zero-order valence-corrected chi connectivity index (χ0v) is 10.9. The van der Waals surface area contributed by atoms with Crippen molar-refractivity contribution in [1.82, 2.24) is 4.98 Å². The molecule has 1 aliphatic rings.